The van der Waals surface area contributed by atoms with Gasteiger partial charge in [-0.1, -0.05) is 31.0 Å². The van der Waals surface area contributed by atoms with Gasteiger partial charge in [0.2, 0.25) is 5.91 Å². The molecular weight excluding hydrogens is 423 g/mol. The normalized spacial score (nSPS) is 14.1. The number of amides is 3. The molecule has 0 unspecified atom stereocenters. The Bertz CT molecular complexity index is 871. The molecule has 0 bridgehead atoms. The lowest BCUT2D eigenvalue weighted by Gasteiger charge is -2.40. The standard InChI is InChI=1S/C25H33FN4O3/c26-20-11-13-22(14-12-20)30(21-8-4-3-5-9-21)23-15-18-29(19-16-23)25(32)27-17-7-2-1-6-10-24(31)28-33/h3-5,8-9,11-14,23,33H,1-2,6-7,10,15-19H2,(H,27,32)(H,28,31). The molecule has 1 aliphatic heterocycles. The first-order chi connectivity index (χ1) is 16.1. The Hall–Kier alpha value is -3.13. The Kier molecular flexibility index (Phi) is 9.50. The number of piperidine rings is 1. The second-order valence-corrected chi connectivity index (χ2v) is 8.33. The number of anilines is 2. The second kappa shape index (κ2) is 12.8. The molecule has 1 heterocycles. The van der Waals surface area contributed by atoms with E-state index in [1.54, 1.807) is 17.6 Å². The highest BCUT2D eigenvalue weighted by atomic mass is 19.1. The molecule has 178 valence electrons. The molecule has 1 fully saturated rings. The number of hydroxylamine groups is 1. The summed E-state index contributed by atoms with van der Waals surface area (Å²) in [4.78, 5) is 27.6. The fraction of sp³-hybridized carbons (Fsp3) is 0.440. The van der Waals surface area contributed by atoms with E-state index in [9.17, 15) is 14.0 Å². The average Bonchev–Trinajstić information content (AvgIpc) is 2.85. The van der Waals surface area contributed by atoms with Crippen LogP contribution in [0.15, 0.2) is 54.6 Å². The maximum absolute atomic E-state index is 13.5. The number of carbonyl (C=O) groups excluding carboxylic acids is 2. The van der Waals surface area contributed by atoms with Gasteiger partial charge in [-0.15, -0.1) is 0 Å². The number of hydrogen-bond donors (Lipinski definition) is 3. The van der Waals surface area contributed by atoms with Crippen LogP contribution in [0.25, 0.3) is 0 Å². The summed E-state index contributed by atoms with van der Waals surface area (Å²) in [5.74, 6) is -0.620. The van der Waals surface area contributed by atoms with Gasteiger partial charge in [0, 0.05) is 43.5 Å². The zero-order valence-corrected chi connectivity index (χ0v) is 18.9. The van der Waals surface area contributed by atoms with Gasteiger partial charge < -0.3 is 15.1 Å². The molecule has 0 radical (unpaired) electrons. The van der Waals surface area contributed by atoms with Crippen molar-refractivity contribution in [3.8, 4) is 0 Å². The van der Waals surface area contributed by atoms with Gasteiger partial charge in [0.05, 0.1) is 0 Å². The van der Waals surface area contributed by atoms with E-state index < -0.39 is 0 Å². The van der Waals surface area contributed by atoms with Crippen molar-refractivity contribution in [1.82, 2.24) is 15.7 Å². The predicted octanol–water partition coefficient (Wildman–Crippen LogP) is 4.59. The molecule has 2 aromatic rings. The number of urea groups is 1. The highest BCUT2D eigenvalue weighted by molar-refractivity contribution is 5.74. The van der Waals surface area contributed by atoms with Crippen molar-refractivity contribution >= 4 is 23.3 Å². The van der Waals surface area contributed by atoms with E-state index in [2.05, 4.69) is 22.3 Å². The maximum atomic E-state index is 13.5. The SMILES string of the molecule is O=C(CCCCCCNC(=O)N1CCC(N(c2ccccc2)c2ccc(F)cc2)CC1)NO. The first kappa shape index (κ1) is 24.5. The third-order valence-corrected chi connectivity index (χ3v) is 5.99. The summed E-state index contributed by atoms with van der Waals surface area (Å²) in [6.07, 6.45) is 5.35. The van der Waals surface area contributed by atoms with Crippen LogP contribution in [0.3, 0.4) is 0 Å². The molecule has 8 heteroatoms. The van der Waals surface area contributed by atoms with Crippen LogP contribution < -0.4 is 15.7 Å². The summed E-state index contributed by atoms with van der Waals surface area (Å²) in [7, 11) is 0. The molecule has 0 spiro atoms. The van der Waals surface area contributed by atoms with Gasteiger partial charge in [-0.3, -0.25) is 10.0 Å². The van der Waals surface area contributed by atoms with Crippen molar-refractivity contribution < 1.29 is 19.2 Å². The van der Waals surface area contributed by atoms with Crippen LogP contribution in [0.1, 0.15) is 44.9 Å². The van der Waals surface area contributed by atoms with Crippen LogP contribution in [-0.4, -0.2) is 47.7 Å². The van der Waals surface area contributed by atoms with E-state index in [1.807, 2.05) is 23.1 Å². The number of nitrogens with zero attached hydrogens (tertiary/aromatic N) is 2. The van der Waals surface area contributed by atoms with Gasteiger partial charge in [-0.05, 0) is 62.1 Å². The molecule has 0 aromatic heterocycles. The van der Waals surface area contributed by atoms with E-state index in [-0.39, 0.29) is 23.8 Å². The number of nitrogens with one attached hydrogen (secondary N) is 2. The molecule has 1 saturated heterocycles. The van der Waals surface area contributed by atoms with E-state index >= 15 is 0 Å². The topological polar surface area (TPSA) is 84.9 Å². The summed E-state index contributed by atoms with van der Waals surface area (Å²) in [5, 5.41) is 11.5. The smallest absolute Gasteiger partial charge is 0.317 e. The van der Waals surface area contributed by atoms with Crippen molar-refractivity contribution in [2.75, 3.05) is 24.5 Å². The van der Waals surface area contributed by atoms with Crippen molar-refractivity contribution in [3.05, 3.63) is 60.4 Å². The summed E-state index contributed by atoms with van der Waals surface area (Å²) < 4.78 is 13.5. The number of para-hydroxylation sites is 1. The zero-order valence-electron chi connectivity index (χ0n) is 18.9. The number of hydrogen-bond acceptors (Lipinski definition) is 4. The Morgan fingerprint density at radius 1 is 0.939 bits per heavy atom. The minimum Gasteiger partial charge on any atom is -0.338 e. The molecule has 3 rings (SSSR count). The van der Waals surface area contributed by atoms with E-state index in [1.165, 1.54) is 12.1 Å². The molecule has 7 nitrogen and oxygen atoms in total. The van der Waals surface area contributed by atoms with Crippen molar-refractivity contribution in [2.45, 2.75) is 51.0 Å². The molecule has 3 N–H and O–H groups in total. The number of halogens is 1. The second-order valence-electron chi connectivity index (χ2n) is 8.33. The van der Waals surface area contributed by atoms with Crippen molar-refractivity contribution in [3.63, 3.8) is 0 Å². The zero-order chi connectivity index (χ0) is 23.5. The molecule has 1 aliphatic rings. The van der Waals surface area contributed by atoms with Crippen molar-refractivity contribution in [1.29, 1.82) is 0 Å². The number of likely N-dealkylation sites (tertiary alicyclic amines) is 1. The van der Waals surface area contributed by atoms with Crippen molar-refractivity contribution in [2.24, 2.45) is 0 Å². The van der Waals surface area contributed by atoms with Crippen LogP contribution in [0.5, 0.6) is 0 Å². The van der Waals surface area contributed by atoms with Gasteiger partial charge >= 0.3 is 6.03 Å². The summed E-state index contributed by atoms with van der Waals surface area (Å²) in [6, 6.07) is 16.8. The van der Waals surface area contributed by atoms with E-state index in [0.29, 0.717) is 26.1 Å². The van der Waals surface area contributed by atoms with Gasteiger partial charge in [0.15, 0.2) is 0 Å². The highest BCUT2D eigenvalue weighted by Gasteiger charge is 2.28. The average molecular weight is 457 g/mol. The van der Waals surface area contributed by atoms with Gasteiger partial charge in [-0.2, -0.15) is 0 Å². The van der Waals surface area contributed by atoms with Crippen LogP contribution in [0.4, 0.5) is 20.6 Å². The Morgan fingerprint density at radius 2 is 1.58 bits per heavy atom. The third kappa shape index (κ3) is 7.46. The maximum Gasteiger partial charge on any atom is 0.317 e. The number of unbranched alkanes of at least 4 members (excludes halogenated alkanes) is 3. The highest BCUT2D eigenvalue weighted by Crippen LogP contribution is 2.32. The fourth-order valence-corrected chi connectivity index (χ4v) is 4.22. The minimum atomic E-state index is -0.364. The number of carbonyl (C=O) groups is 2. The summed E-state index contributed by atoms with van der Waals surface area (Å²) in [5.41, 5.74) is 3.63. The number of rotatable bonds is 10. The Labute approximate surface area is 194 Å². The molecule has 2 aromatic carbocycles. The largest absolute Gasteiger partial charge is 0.338 e. The fourth-order valence-electron chi connectivity index (χ4n) is 4.22. The third-order valence-electron chi connectivity index (χ3n) is 5.99. The quantitative estimate of drug-likeness (QED) is 0.277. The Morgan fingerprint density at radius 3 is 2.24 bits per heavy atom. The van der Waals surface area contributed by atoms with Crippen LogP contribution in [0, 0.1) is 5.82 Å². The first-order valence-corrected chi connectivity index (χ1v) is 11.6. The monoisotopic (exact) mass is 456 g/mol. The first-order valence-electron chi connectivity index (χ1n) is 11.6. The molecule has 33 heavy (non-hydrogen) atoms. The lowest BCUT2D eigenvalue weighted by molar-refractivity contribution is -0.129. The van der Waals surface area contributed by atoms with Gasteiger partial charge in [0.25, 0.3) is 0 Å². The number of benzene rings is 2. The molecule has 3 amide bonds. The predicted molar refractivity (Wildman–Crippen MR) is 126 cm³/mol. The molecule has 0 saturated carbocycles. The van der Waals surface area contributed by atoms with E-state index in [0.717, 1.165) is 49.9 Å². The molecule has 0 atom stereocenters. The van der Waals surface area contributed by atoms with Crippen LogP contribution in [0.2, 0.25) is 0 Å². The van der Waals surface area contributed by atoms with Crippen LogP contribution in [-0.2, 0) is 4.79 Å². The van der Waals surface area contributed by atoms with E-state index in [4.69, 9.17) is 5.21 Å². The minimum absolute atomic E-state index is 0.0406. The lowest BCUT2D eigenvalue weighted by atomic mass is 10.0. The Balaban J connectivity index is 1.45. The molecule has 0 aliphatic carbocycles. The van der Waals surface area contributed by atoms with Crippen LogP contribution >= 0.6 is 0 Å². The summed E-state index contributed by atoms with van der Waals surface area (Å²) in [6.45, 7) is 1.94. The van der Waals surface area contributed by atoms with Gasteiger partial charge in [0.1, 0.15) is 5.82 Å². The van der Waals surface area contributed by atoms with Gasteiger partial charge in [-0.25, -0.2) is 14.7 Å². The lowest BCUT2D eigenvalue weighted by Crippen LogP contribution is -2.48. The summed E-state index contributed by atoms with van der Waals surface area (Å²) >= 11 is 0. The molecular formula is C25H33FN4O3.